The van der Waals surface area contributed by atoms with Crippen LogP contribution in [0, 0.1) is 11.8 Å². The van der Waals surface area contributed by atoms with Gasteiger partial charge in [-0.15, -0.1) is 0 Å². The lowest BCUT2D eigenvalue weighted by atomic mass is 9.94. The zero-order valence-corrected chi connectivity index (χ0v) is 20.0. The summed E-state index contributed by atoms with van der Waals surface area (Å²) in [6, 6.07) is -5.00. The van der Waals surface area contributed by atoms with Crippen LogP contribution in [0.1, 0.15) is 59.8 Å². The number of carboxylic acids is 2. The van der Waals surface area contributed by atoms with Crippen LogP contribution >= 0.6 is 0 Å². The molecule has 0 fully saturated rings. The zero-order chi connectivity index (χ0) is 26.6. The second-order valence-corrected chi connectivity index (χ2v) is 8.35. The summed E-state index contributed by atoms with van der Waals surface area (Å²) in [6.07, 6.45) is -0.0145. The fraction of sp³-hybridized carbons (Fsp3) is 0.714. The van der Waals surface area contributed by atoms with Crippen molar-refractivity contribution >= 4 is 35.6 Å². The Morgan fingerprint density at radius 2 is 1.24 bits per heavy atom. The summed E-state index contributed by atoms with van der Waals surface area (Å²) in [6.45, 7) is 6.93. The van der Waals surface area contributed by atoms with Gasteiger partial charge in [-0.25, -0.2) is 4.79 Å². The highest BCUT2D eigenvalue weighted by Gasteiger charge is 2.34. The fourth-order valence-corrected chi connectivity index (χ4v) is 2.97. The van der Waals surface area contributed by atoms with Crippen molar-refractivity contribution in [2.24, 2.45) is 23.3 Å². The Bertz CT molecular complexity index is 759. The summed E-state index contributed by atoms with van der Waals surface area (Å²) < 4.78 is 0. The molecule has 0 rings (SSSR count). The van der Waals surface area contributed by atoms with Crippen molar-refractivity contribution < 1.29 is 39.0 Å². The van der Waals surface area contributed by atoms with E-state index in [0.717, 1.165) is 0 Å². The molecule has 0 aliphatic carbocycles. The summed E-state index contributed by atoms with van der Waals surface area (Å²) in [5, 5.41) is 25.3. The molecule has 13 nitrogen and oxygen atoms in total. The first-order chi connectivity index (χ1) is 15.7. The van der Waals surface area contributed by atoms with Gasteiger partial charge < -0.3 is 37.6 Å². The Morgan fingerprint density at radius 3 is 1.62 bits per heavy atom. The number of amides is 4. The summed E-state index contributed by atoms with van der Waals surface area (Å²) in [7, 11) is 0. The Kier molecular flexibility index (Phi) is 13.4. The molecule has 34 heavy (non-hydrogen) atoms. The molecule has 0 spiro atoms. The SMILES string of the molecule is CCC(C)C(NC(=O)C(N)CCC(N)=O)C(=O)NC(C(=O)NC(CC(=O)O)C(=O)O)C(C)CC. The van der Waals surface area contributed by atoms with Gasteiger partial charge in [0.15, 0.2) is 0 Å². The second-order valence-electron chi connectivity index (χ2n) is 8.35. The quantitative estimate of drug-likeness (QED) is 0.137. The van der Waals surface area contributed by atoms with Crippen molar-refractivity contribution in [3.8, 4) is 0 Å². The van der Waals surface area contributed by atoms with E-state index in [2.05, 4.69) is 16.0 Å². The maximum absolute atomic E-state index is 13.1. The van der Waals surface area contributed by atoms with Crippen LogP contribution in [0.3, 0.4) is 0 Å². The molecule has 0 aromatic heterocycles. The van der Waals surface area contributed by atoms with Gasteiger partial charge in [0.1, 0.15) is 18.1 Å². The lowest BCUT2D eigenvalue weighted by Crippen LogP contribution is -2.60. The van der Waals surface area contributed by atoms with E-state index >= 15 is 0 Å². The van der Waals surface area contributed by atoms with Crippen molar-refractivity contribution in [2.45, 2.75) is 84.0 Å². The molecule has 9 N–H and O–H groups in total. The number of nitrogens with two attached hydrogens (primary N) is 2. The third-order valence-electron chi connectivity index (χ3n) is 5.62. The molecule has 6 unspecified atom stereocenters. The van der Waals surface area contributed by atoms with E-state index in [0.29, 0.717) is 12.8 Å². The predicted molar refractivity (Wildman–Crippen MR) is 121 cm³/mol. The Labute approximate surface area is 198 Å². The number of primary amides is 1. The molecule has 194 valence electrons. The first-order valence-electron chi connectivity index (χ1n) is 11.1. The minimum absolute atomic E-state index is 0.00589. The minimum Gasteiger partial charge on any atom is -0.481 e. The van der Waals surface area contributed by atoms with Crippen LogP contribution in [-0.2, 0) is 28.8 Å². The molecule has 0 aliphatic rings. The molecule has 0 saturated heterocycles. The summed E-state index contributed by atoms with van der Waals surface area (Å²) in [5.41, 5.74) is 10.8. The monoisotopic (exact) mass is 487 g/mol. The van der Waals surface area contributed by atoms with Gasteiger partial charge in [0.2, 0.25) is 23.6 Å². The summed E-state index contributed by atoms with van der Waals surface area (Å²) in [4.78, 5) is 71.5. The van der Waals surface area contributed by atoms with Crippen molar-refractivity contribution in [2.75, 3.05) is 0 Å². The predicted octanol–water partition coefficient (Wildman–Crippen LogP) is -1.31. The summed E-state index contributed by atoms with van der Waals surface area (Å²) in [5.74, 6) is -6.56. The number of carboxylic acid groups (broad SMARTS) is 2. The van der Waals surface area contributed by atoms with Gasteiger partial charge >= 0.3 is 11.9 Å². The van der Waals surface area contributed by atoms with Gasteiger partial charge in [-0.2, -0.15) is 0 Å². The number of nitrogens with one attached hydrogen (secondary N) is 3. The first-order valence-corrected chi connectivity index (χ1v) is 11.1. The molecule has 0 heterocycles. The van der Waals surface area contributed by atoms with Gasteiger partial charge in [0.05, 0.1) is 12.5 Å². The lowest BCUT2D eigenvalue weighted by Gasteiger charge is -2.30. The van der Waals surface area contributed by atoms with Gasteiger partial charge in [-0.05, 0) is 18.3 Å². The molecule has 4 amide bonds. The number of carbonyl (C=O) groups is 6. The second kappa shape index (κ2) is 14.8. The molecule has 0 aromatic rings. The van der Waals surface area contributed by atoms with Gasteiger partial charge in [0, 0.05) is 6.42 Å². The van der Waals surface area contributed by atoms with Crippen molar-refractivity contribution in [1.82, 2.24) is 16.0 Å². The van der Waals surface area contributed by atoms with E-state index in [-0.39, 0.29) is 18.8 Å². The van der Waals surface area contributed by atoms with Crippen LogP contribution in [0.2, 0.25) is 0 Å². The van der Waals surface area contributed by atoms with Gasteiger partial charge in [-0.3, -0.25) is 24.0 Å². The average molecular weight is 488 g/mol. The van der Waals surface area contributed by atoms with Crippen LogP contribution in [0.4, 0.5) is 0 Å². The van der Waals surface area contributed by atoms with E-state index in [1.54, 1.807) is 27.7 Å². The number of rotatable bonds is 16. The average Bonchev–Trinajstić information content (AvgIpc) is 2.76. The van der Waals surface area contributed by atoms with Crippen LogP contribution in [0.15, 0.2) is 0 Å². The molecular formula is C21H37N5O8. The van der Waals surface area contributed by atoms with E-state index in [4.69, 9.17) is 16.6 Å². The third kappa shape index (κ3) is 10.6. The molecule has 0 saturated carbocycles. The molecule has 13 heteroatoms. The minimum atomic E-state index is -1.68. The van der Waals surface area contributed by atoms with Crippen molar-refractivity contribution in [1.29, 1.82) is 0 Å². The van der Waals surface area contributed by atoms with E-state index < -0.39 is 72.1 Å². The molecule has 0 aliphatic heterocycles. The van der Waals surface area contributed by atoms with Gasteiger partial charge in [-0.1, -0.05) is 40.5 Å². The molecule has 0 radical (unpaired) electrons. The van der Waals surface area contributed by atoms with Crippen molar-refractivity contribution in [3.63, 3.8) is 0 Å². The topological polar surface area (TPSA) is 231 Å². The fourth-order valence-electron chi connectivity index (χ4n) is 2.97. The van der Waals surface area contributed by atoms with Crippen LogP contribution in [0.25, 0.3) is 0 Å². The zero-order valence-electron chi connectivity index (χ0n) is 20.0. The highest BCUT2D eigenvalue weighted by molar-refractivity contribution is 5.95. The molecule has 0 bridgehead atoms. The number of hydrogen-bond donors (Lipinski definition) is 7. The number of carbonyl (C=O) groups excluding carboxylic acids is 4. The normalized spacial score (nSPS) is 16.1. The molecule has 0 aromatic carbocycles. The maximum atomic E-state index is 13.1. The smallest absolute Gasteiger partial charge is 0.326 e. The number of aliphatic carboxylic acids is 2. The lowest BCUT2D eigenvalue weighted by molar-refractivity contribution is -0.147. The largest absolute Gasteiger partial charge is 0.481 e. The van der Waals surface area contributed by atoms with Crippen molar-refractivity contribution in [3.05, 3.63) is 0 Å². The van der Waals surface area contributed by atoms with Crippen LogP contribution in [0.5, 0.6) is 0 Å². The highest BCUT2D eigenvalue weighted by Crippen LogP contribution is 2.13. The van der Waals surface area contributed by atoms with E-state index in [9.17, 15) is 33.9 Å². The van der Waals surface area contributed by atoms with E-state index in [1.807, 2.05) is 0 Å². The summed E-state index contributed by atoms with van der Waals surface area (Å²) >= 11 is 0. The molecular weight excluding hydrogens is 450 g/mol. The third-order valence-corrected chi connectivity index (χ3v) is 5.62. The first kappa shape index (κ1) is 30.8. The Balaban J connectivity index is 5.60. The van der Waals surface area contributed by atoms with E-state index in [1.165, 1.54) is 0 Å². The number of hydrogen-bond acceptors (Lipinski definition) is 7. The standard InChI is InChI=1S/C21H37N5O8/c1-5-10(3)16(19(31)24-13(21(33)34)9-15(28)29)26-20(32)17(11(4)6-2)25-18(30)12(22)7-8-14(23)27/h10-13,16-17H,5-9,22H2,1-4H3,(H2,23,27)(H,24,31)(H,25,30)(H,26,32)(H,28,29)(H,33,34). The molecule has 6 atom stereocenters. The van der Waals surface area contributed by atoms with Crippen LogP contribution in [-0.4, -0.2) is 69.9 Å². The Morgan fingerprint density at radius 1 is 0.794 bits per heavy atom. The van der Waals surface area contributed by atoms with Crippen LogP contribution < -0.4 is 27.4 Å². The highest BCUT2D eigenvalue weighted by atomic mass is 16.4. The maximum Gasteiger partial charge on any atom is 0.326 e. The Hall–Kier alpha value is -3.22. The van der Waals surface area contributed by atoms with Gasteiger partial charge in [0.25, 0.3) is 0 Å².